The minimum Gasteiger partial charge on any atom is -0.383 e. The van der Waals surface area contributed by atoms with Crippen molar-refractivity contribution in [2.75, 3.05) is 17.6 Å². The molecular formula is C13H18N2O2S. The van der Waals surface area contributed by atoms with Gasteiger partial charge in [0.1, 0.15) is 0 Å². The Morgan fingerprint density at radius 3 is 2.28 bits per heavy atom. The molecule has 98 valence electrons. The van der Waals surface area contributed by atoms with Crippen LogP contribution in [0.3, 0.4) is 0 Å². The first-order chi connectivity index (χ1) is 8.30. The summed E-state index contributed by atoms with van der Waals surface area (Å²) in [4.78, 5) is 0.329. The topological polar surface area (TPSA) is 70.0 Å². The van der Waals surface area contributed by atoms with E-state index < -0.39 is 15.3 Å². The third-order valence-corrected chi connectivity index (χ3v) is 4.38. The first-order valence-corrected chi connectivity index (χ1v) is 7.44. The van der Waals surface area contributed by atoms with Crippen LogP contribution in [0.15, 0.2) is 29.2 Å². The van der Waals surface area contributed by atoms with E-state index in [2.05, 4.69) is 11.4 Å². The van der Waals surface area contributed by atoms with Crippen LogP contribution in [0, 0.1) is 16.7 Å². The summed E-state index contributed by atoms with van der Waals surface area (Å²) in [5, 5.41) is 12.0. The number of nitrogens with zero attached hydrogens (tertiary/aromatic N) is 1. The van der Waals surface area contributed by atoms with Crippen molar-refractivity contribution in [3.8, 4) is 6.07 Å². The van der Waals surface area contributed by atoms with Crippen molar-refractivity contribution in [2.24, 2.45) is 5.41 Å². The van der Waals surface area contributed by atoms with Crippen LogP contribution >= 0.6 is 0 Å². The SMILES string of the molecule is CCS(=O)(=O)c1ccc(NCC(C)(C)C#N)cc1. The average molecular weight is 266 g/mol. The number of hydrogen-bond acceptors (Lipinski definition) is 4. The van der Waals surface area contributed by atoms with E-state index >= 15 is 0 Å². The highest BCUT2D eigenvalue weighted by Gasteiger charge is 2.16. The second-order valence-corrected chi connectivity index (χ2v) is 7.06. The van der Waals surface area contributed by atoms with E-state index in [-0.39, 0.29) is 5.75 Å². The molecule has 0 radical (unpaired) electrons. The minimum atomic E-state index is -3.14. The van der Waals surface area contributed by atoms with Gasteiger partial charge in [-0.3, -0.25) is 0 Å². The highest BCUT2D eigenvalue weighted by Crippen LogP contribution is 2.18. The Morgan fingerprint density at radius 1 is 1.28 bits per heavy atom. The molecule has 0 aliphatic carbocycles. The molecule has 1 aromatic carbocycles. The van der Waals surface area contributed by atoms with Crippen LogP contribution in [0.1, 0.15) is 20.8 Å². The normalized spacial score (nSPS) is 11.9. The fourth-order valence-electron chi connectivity index (χ4n) is 1.31. The smallest absolute Gasteiger partial charge is 0.178 e. The van der Waals surface area contributed by atoms with Crippen molar-refractivity contribution in [1.29, 1.82) is 5.26 Å². The molecule has 0 heterocycles. The highest BCUT2D eigenvalue weighted by atomic mass is 32.2. The predicted octanol–water partition coefficient (Wildman–Crippen LogP) is 2.44. The van der Waals surface area contributed by atoms with Crippen LogP contribution in [-0.4, -0.2) is 20.7 Å². The molecule has 0 fully saturated rings. The molecule has 0 aliphatic heterocycles. The second kappa shape index (κ2) is 5.40. The Morgan fingerprint density at radius 2 is 1.83 bits per heavy atom. The lowest BCUT2D eigenvalue weighted by Gasteiger charge is -2.16. The molecule has 1 aromatic rings. The third kappa shape index (κ3) is 3.74. The zero-order valence-corrected chi connectivity index (χ0v) is 11.7. The van der Waals surface area contributed by atoms with E-state index in [1.165, 1.54) is 0 Å². The molecule has 18 heavy (non-hydrogen) atoms. The van der Waals surface area contributed by atoms with Gasteiger partial charge in [0.2, 0.25) is 0 Å². The van der Waals surface area contributed by atoms with Crippen molar-refractivity contribution in [1.82, 2.24) is 0 Å². The summed E-state index contributed by atoms with van der Waals surface area (Å²) in [6.07, 6.45) is 0. The Labute approximate surface area is 109 Å². The maximum absolute atomic E-state index is 11.6. The summed E-state index contributed by atoms with van der Waals surface area (Å²) in [5.41, 5.74) is 0.363. The van der Waals surface area contributed by atoms with Crippen LogP contribution < -0.4 is 5.32 Å². The summed E-state index contributed by atoms with van der Waals surface area (Å²) < 4.78 is 23.2. The Hall–Kier alpha value is -1.54. The van der Waals surface area contributed by atoms with Crippen LogP contribution in [0.2, 0.25) is 0 Å². The molecule has 5 heteroatoms. The fourth-order valence-corrected chi connectivity index (χ4v) is 2.19. The fraction of sp³-hybridized carbons (Fsp3) is 0.462. The molecule has 1 rings (SSSR count). The maximum atomic E-state index is 11.6. The van der Waals surface area contributed by atoms with Crippen molar-refractivity contribution in [2.45, 2.75) is 25.7 Å². The maximum Gasteiger partial charge on any atom is 0.178 e. The summed E-state index contributed by atoms with van der Waals surface area (Å²) in [7, 11) is -3.14. The lowest BCUT2D eigenvalue weighted by atomic mass is 9.96. The van der Waals surface area contributed by atoms with Gasteiger partial charge < -0.3 is 5.32 Å². The average Bonchev–Trinajstić information content (AvgIpc) is 2.37. The van der Waals surface area contributed by atoms with Gasteiger partial charge in [-0.1, -0.05) is 6.92 Å². The molecule has 4 nitrogen and oxygen atoms in total. The highest BCUT2D eigenvalue weighted by molar-refractivity contribution is 7.91. The zero-order chi connectivity index (χ0) is 13.8. The molecule has 0 bridgehead atoms. The number of anilines is 1. The summed E-state index contributed by atoms with van der Waals surface area (Å²) >= 11 is 0. The lowest BCUT2D eigenvalue weighted by molar-refractivity contribution is 0.529. The first kappa shape index (κ1) is 14.5. The van der Waals surface area contributed by atoms with Crippen molar-refractivity contribution >= 4 is 15.5 Å². The molecule has 0 amide bonds. The number of rotatable bonds is 5. The molecular weight excluding hydrogens is 248 g/mol. The summed E-state index contributed by atoms with van der Waals surface area (Å²) in [6.45, 7) is 5.83. The molecule has 0 aliphatic rings. The van der Waals surface area contributed by atoms with Crippen LogP contribution in [0.25, 0.3) is 0 Å². The van der Waals surface area contributed by atoms with Crippen LogP contribution in [-0.2, 0) is 9.84 Å². The molecule has 0 spiro atoms. The molecule has 0 aromatic heterocycles. The van der Waals surface area contributed by atoms with Gasteiger partial charge in [-0.2, -0.15) is 5.26 Å². The van der Waals surface area contributed by atoms with E-state index in [4.69, 9.17) is 5.26 Å². The Balaban J connectivity index is 2.77. The Bertz CT molecular complexity index is 539. The van der Waals surface area contributed by atoms with Gasteiger partial charge in [0, 0.05) is 12.2 Å². The number of nitriles is 1. The van der Waals surface area contributed by atoms with E-state index in [0.29, 0.717) is 11.4 Å². The van der Waals surface area contributed by atoms with Gasteiger partial charge >= 0.3 is 0 Å². The standard InChI is InChI=1S/C13H18N2O2S/c1-4-18(16,17)12-7-5-11(6-8-12)15-10-13(2,3)9-14/h5-8,15H,4,10H2,1-3H3. The van der Waals surface area contributed by atoms with Gasteiger partial charge in [-0.15, -0.1) is 0 Å². The van der Waals surface area contributed by atoms with Gasteiger partial charge in [0.05, 0.1) is 22.1 Å². The molecule has 0 atom stereocenters. The van der Waals surface area contributed by atoms with Crippen molar-refractivity contribution in [3.63, 3.8) is 0 Å². The number of hydrogen-bond donors (Lipinski definition) is 1. The molecule has 0 saturated carbocycles. The summed E-state index contributed by atoms with van der Waals surface area (Å²) in [5.74, 6) is 0.0985. The largest absolute Gasteiger partial charge is 0.383 e. The van der Waals surface area contributed by atoms with E-state index in [9.17, 15) is 8.42 Å². The van der Waals surface area contributed by atoms with Crippen LogP contribution in [0.5, 0.6) is 0 Å². The Kier molecular flexibility index (Phi) is 4.36. The number of nitrogens with one attached hydrogen (secondary N) is 1. The van der Waals surface area contributed by atoms with E-state index in [1.807, 2.05) is 13.8 Å². The minimum absolute atomic E-state index is 0.0985. The van der Waals surface area contributed by atoms with Gasteiger partial charge in [0.15, 0.2) is 9.84 Å². The lowest BCUT2D eigenvalue weighted by Crippen LogP contribution is -2.20. The quantitative estimate of drug-likeness (QED) is 0.888. The van der Waals surface area contributed by atoms with Gasteiger partial charge in [-0.25, -0.2) is 8.42 Å². The zero-order valence-electron chi connectivity index (χ0n) is 10.9. The number of sulfone groups is 1. The third-order valence-electron chi connectivity index (χ3n) is 2.63. The van der Waals surface area contributed by atoms with Gasteiger partial charge in [-0.05, 0) is 38.1 Å². The predicted molar refractivity (Wildman–Crippen MR) is 72.1 cm³/mol. The molecule has 0 saturated heterocycles. The molecule has 1 N–H and O–H groups in total. The number of benzene rings is 1. The van der Waals surface area contributed by atoms with E-state index in [0.717, 1.165) is 5.69 Å². The van der Waals surface area contributed by atoms with Crippen molar-refractivity contribution < 1.29 is 8.42 Å². The van der Waals surface area contributed by atoms with Crippen LogP contribution in [0.4, 0.5) is 5.69 Å². The second-order valence-electron chi connectivity index (χ2n) is 4.78. The molecule has 0 unspecified atom stereocenters. The first-order valence-electron chi connectivity index (χ1n) is 5.79. The summed E-state index contributed by atoms with van der Waals surface area (Å²) in [6, 6.07) is 8.80. The van der Waals surface area contributed by atoms with Crippen molar-refractivity contribution in [3.05, 3.63) is 24.3 Å². The van der Waals surface area contributed by atoms with E-state index in [1.54, 1.807) is 31.2 Å². The monoisotopic (exact) mass is 266 g/mol. The van der Waals surface area contributed by atoms with Gasteiger partial charge in [0.25, 0.3) is 0 Å².